The van der Waals surface area contributed by atoms with E-state index >= 15 is 0 Å². The molecule has 0 atom stereocenters. The Morgan fingerprint density at radius 1 is 1.32 bits per heavy atom. The summed E-state index contributed by atoms with van der Waals surface area (Å²) in [5, 5.41) is 11.3. The second kappa shape index (κ2) is 7.28. The van der Waals surface area contributed by atoms with Gasteiger partial charge >= 0.3 is 0 Å². The molecule has 0 bridgehead atoms. The van der Waals surface area contributed by atoms with E-state index in [0.717, 1.165) is 39.5 Å². The molecule has 25 heavy (non-hydrogen) atoms. The van der Waals surface area contributed by atoms with Gasteiger partial charge in [0.1, 0.15) is 16.5 Å². The number of aromatic nitrogens is 3. The lowest BCUT2D eigenvalue weighted by atomic mass is 10.3. The summed E-state index contributed by atoms with van der Waals surface area (Å²) in [5.41, 5.74) is 0.709. The van der Waals surface area contributed by atoms with Crippen LogP contribution in [0.1, 0.15) is 10.7 Å². The molecular weight excluding hydrogens is 370 g/mol. The molecule has 1 amide bonds. The number of carbonyl (C=O) groups excluding carboxylic acids is 1. The molecule has 2 aromatic heterocycles. The average molecular weight is 382 g/mol. The van der Waals surface area contributed by atoms with E-state index in [4.69, 9.17) is 4.42 Å². The lowest BCUT2D eigenvalue weighted by Gasteiger charge is -2.05. The van der Waals surface area contributed by atoms with Crippen molar-refractivity contribution in [1.82, 2.24) is 15.2 Å². The molecule has 10 heteroatoms. The van der Waals surface area contributed by atoms with Crippen molar-refractivity contribution in [3.05, 3.63) is 40.5 Å². The van der Waals surface area contributed by atoms with Gasteiger partial charge in [-0.1, -0.05) is 11.8 Å². The lowest BCUT2D eigenvalue weighted by Crippen LogP contribution is -2.15. The highest BCUT2D eigenvalue weighted by molar-refractivity contribution is 7.99. The number of thiazole rings is 1. The number of nitrogens with one attached hydrogen (secondary N) is 1. The largest absolute Gasteiger partial charge is 0.410 e. The molecule has 0 aliphatic rings. The fourth-order valence-corrected chi connectivity index (χ4v) is 3.40. The van der Waals surface area contributed by atoms with Gasteiger partial charge in [-0.25, -0.2) is 13.8 Å². The van der Waals surface area contributed by atoms with E-state index in [1.807, 2.05) is 13.8 Å². The van der Waals surface area contributed by atoms with Gasteiger partial charge in [0.05, 0.1) is 22.1 Å². The number of carbonyl (C=O) groups is 1. The first-order valence-corrected chi connectivity index (χ1v) is 8.88. The summed E-state index contributed by atoms with van der Waals surface area (Å²) in [6.45, 7) is 3.73. The molecule has 0 spiro atoms. The summed E-state index contributed by atoms with van der Waals surface area (Å²) in [4.78, 5) is 16.9. The summed E-state index contributed by atoms with van der Waals surface area (Å²) < 4.78 is 31.8. The maximum Gasteiger partial charge on any atom is 0.277 e. The maximum absolute atomic E-state index is 13.5. The van der Waals surface area contributed by atoms with Gasteiger partial charge in [0, 0.05) is 6.07 Å². The van der Waals surface area contributed by atoms with E-state index in [0.29, 0.717) is 12.0 Å². The molecule has 2 heterocycles. The van der Waals surface area contributed by atoms with Gasteiger partial charge in [-0.05, 0) is 26.0 Å². The molecule has 0 aliphatic carbocycles. The molecule has 3 rings (SSSR count). The van der Waals surface area contributed by atoms with Gasteiger partial charge in [-0.15, -0.1) is 21.5 Å². The summed E-state index contributed by atoms with van der Waals surface area (Å²) in [7, 11) is 0. The van der Waals surface area contributed by atoms with Crippen LogP contribution >= 0.6 is 23.1 Å². The Labute approximate surface area is 149 Å². The van der Waals surface area contributed by atoms with Gasteiger partial charge in [0.2, 0.25) is 5.91 Å². The summed E-state index contributed by atoms with van der Waals surface area (Å²) in [5.74, 6) is -1.74. The van der Waals surface area contributed by atoms with Gasteiger partial charge in [-0.2, -0.15) is 0 Å². The Morgan fingerprint density at radius 2 is 2.12 bits per heavy atom. The highest BCUT2D eigenvalue weighted by atomic mass is 32.2. The highest BCUT2D eigenvalue weighted by Crippen LogP contribution is 2.30. The van der Waals surface area contributed by atoms with Crippen LogP contribution in [0.15, 0.2) is 27.8 Å². The first kappa shape index (κ1) is 17.5. The molecule has 1 aromatic carbocycles. The zero-order valence-corrected chi connectivity index (χ0v) is 14.8. The summed E-state index contributed by atoms with van der Waals surface area (Å²) in [6.07, 6.45) is 0. The third-order valence-corrected chi connectivity index (χ3v) is 4.92. The predicted molar refractivity (Wildman–Crippen MR) is 90.6 cm³/mol. The molecule has 0 saturated heterocycles. The van der Waals surface area contributed by atoms with Crippen LogP contribution in [0.5, 0.6) is 0 Å². The minimum Gasteiger partial charge on any atom is -0.410 e. The minimum atomic E-state index is -0.838. The van der Waals surface area contributed by atoms with Crippen molar-refractivity contribution in [2.45, 2.75) is 19.1 Å². The normalized spacial score (nSPS) is 10.9. The standard InChI is InChI=1S/C15H12F2N4O2S2/c1-7-13(25-8(2)18-7)14-20-21-15(23-14)24-6-12(22)19-11-4-3-9(16)5-10(11)17/h3-5H,6H2,1-2H3,(H,19,22). The molecule has 0 fully saturated rings. The summed E-state index contributed by atoms with van der Waals surface area (Å²) in [6, 6.07) is 2.93. The molecule has 0 saturated carbocycles. The Hall–Kier alpha value is -2.33. The SMILES string of the molecule is Cc1nc(C)c(-c2nnc(SCC(=O)Nc3ccc(F)cc3F)o2)s1. The Balaban J connectivity index is 1.60. The van der Waals surface area contributed by atoms with Crippen LogP contribution in [-0.2, 0) is 4.79 Å². The number of hydrogen-bond donors (Lipinski definition) is 1. The fraction of sp³-hybridized carbons (Fsp3) is 0.200. The van der Waals surface area contributed by atoms with Crippen LogP contribution in [-0.4, -0.2) is 26.8 Å². The van der Waals surface area contributed by atoms with Gasteiger partial charge in [0.15, 0.2) is 0 Å². The van der Waals surface area contributed by atoms with Crippen LogP contribution in [0.4, 0.5) is 14.5 Å². The van der Waals surface area contributed by atoms with E-state index in [1.165, 1.54) is 11.3 Å². The second-order valence-corrected chi connectivity index (χ2v) is 7.11. The zero-order valence-electron chi connectivity index (χ0n) is 13.2. The van der Waals surface area contributed by atoms with E-state index < -0.39 is 17.5 Å². The number of amides is 1. The van der Waals surface area contributed by atoms with Crippen LogP contribution < -0.4 is 5.32 Å². The van der Waals surface area contributed by atoms with E-state index in [2.05, 4.69) is 20.5 Å². The highest BCUT2D eigenvalue weighted by Gasteiger charge is 2.16. The molecule has 0 radical (unpaired) electrons. The Kier molecular flexibility index (Phi) is 5.09. The average Bonchev–Trinajstić information content (AvgIpc) is 3.14. The first-order chi connectivity index (χ1) is 11.9. The van der Waals surface area contributed by atoms with Gasteiger partial charge in [-0.3, -0.25) is 4.79 Å². The van der Waals surface area contributed by atoms with Crippen molar-refractivity contribution >= 4 is 34.7 Å². The molecule has 6 nitrogen and oxygen atoms in total. The second-order valence-electron chi connectivity index (χ2n) is 4.98. The van der Waals surface area contributed by atoms with E-state index in [-0.39, 0.29) is 16.7 Å². The molecule has 0 unspecified atom stereocenters. The molecule has 130 valence electrons. The quantitative estimate of drug-likeness (QED) is 0.676. The van der Waals surface area contributed by atoms with Crippen molar-refractivity contribution in [2.75, 3.05) is 11.1 Å². The van der Waals surface area contributed by atoms with Crippen molar-refractivity contribution in [2.24, 2.45) is 0 Å². The Morgan fingerprint density at radius 3 is 2.80 bits per heavy atom. The number of anilines is 1. The number of aryl methyl sites for hydroxylation is 2. The van der Waals surface area contributed by atoms with Crippen LogP contribution in [0.25, 0.3) is 10.8 Å². The van der Waals surface area contributed by atoms with Crippen molar-refractivity contribution in [1.29, 1.82) is 0 Å². The number of benzene rings is 1. The van der Waals surface area contributed by atoms with Crippen LogP contribution in [0.2, 0.25) is 0 Å². The third kappa shape index (κ3) is 4.20. The van der Waals surface area contributed by atoms with Gasteiger partial charge < -0.3 is 9.73 Å². The van der Waals surface area contributed by atoms with E-state index in [9.17, 15) is 13.6 Å². The summed E-state index contributed by atoms with van der Waals surface area (Å²) >= 11 is 2.46. The van der Waals surface area contributed by atoms with Crippen molar-refractivity contribution in [3.8, 4) is 10.8 Å². The number of rotatable bonds is 5. The first-order valence-electron chi connectivity index (χ1n) is 7.08. The smallest absolute Gasteiger partial charge is 0.277 e. The van der Waals surface area contributed by atoms with Crippen molar-refractivity contribution < 1.29 is 18.0 Å². The van der Waals surface area contributed by atoms with Gasteiger partial charge in [0.25, 0.3) is 11.1 Å². The van der Waals surface area contributed by atoms with Crippen molar-refractivity contribution in [3.63, 3.8) is 0 Å². The van der Waals surface area contributed by atoms with E-state index in [1.54, 1.807) is 0 Å². The Bertz CT molecular complexity index is 926. The van der Waals surface area contributed by atoms with Crippen LogP contribution in [0, 0.1) is 25.5 Å². The predicted octanol–water partition coefficient (Wildman–Crippen LogP) is 3.82. The molecule has 0 aliphatic heterocycles. The fourth-order valence-electron chi connectivity index (χ4n) is 1.99. The molecule has 3 aromatic rings. The lowest BCUT2D eigenvalue weighted by molar-refractivity contribution is -0.113. The minimum absolute atomic E-state index is 0.0564. The monoisotopic (exact) mass is 382 g/mol. The zero-order chi connectivity index (χ0) is 18.0. The molecule has 1 N–H and O–H groups in total. The topological polar surface area (TPSA) is 80.9 Å². The number of halogens is 2. The third-order valence-electron chi connectivity index (χ3n) is 3.04. The number of thioether (sulfide) groups is 1. The maximum atomic E-state index is 13.5. The van der Waals surface area contributed by atoms with Crippen LogP contribution in [0.3, 0.4) is 0 Å². The number of nitrogens with zero attached hydrogens (tertiary/aromatic N) is 3. The molecular formula is C15H12F2N4O2S2. The number of hydrogen-bond acceptors (Lipinski definition) is 7.